The predicted octanol–water partition coefficient (Wildman–Crippen LogP) is -0.417. The third-order valence-corrected chi connectivity index (χ3v) is 1.39. The molecule has 2 heteroatoms. The summed E-state index contributed by atoms with van der Waals surface area (Å²) < 4.78 is 0. The molecule has 0 spiro atoms. The fourth-order valence-electron chi connectivity index (χ4n) is 0.821. The lowest BCUT2D eigenvalue weighted by atomic mass is 10.3. The quantitative estimate of drug-likeness (QED) is 0.475. The molecule has 0 bridgehead atoms. The van der Waals surface area contributed by atoms with Gasteiger partial charge in [-0.05, 0) is 13.5 Å². The average Bonchev–Trinajstić information content (AvgIpc) is 2.14. The summed E-state index contributed by atoms with van der Waals surface area (Å²) in [7, 11) is 1.99. The lowest BCUT2D eigenvalue weighted by molar-refractivity contribution is 0.610. The van der Waals surface area contributed by atoms with Gasteiger partial charge in [-0.1, -0.05) is 0 Å². The van der Waals surface area contributed by atoms with Gasteiger partial charge in [0.2, 0.25) is 0 Å². The van der Waals surface area contributed by atoms with E-state index in [1.807, 2.05) is 7.05 Å². The van der Waals surface area contributed by atoms with Crippen molar-refractivity contribution < 1.29 is 0 Å². The van der Waals surface area contributed by atoms with E-state index in [-0.39, 0.29) is 0 Å². The fraction of sp³-hybridized carbons (Fsp3) is 1.00. The zero-order chi connectivity index (χ0) is 5.11. The van der Waals surface area contributed by atoms with Crippen LogP contribution in [0.4, 0.5) is 0 Å². The lowest BCUT2D eigenvalue weighted by Crippen LogP contribution is -2.25. The normalized spacial score (nSPS) is 31.3. The fourth-order valence-corrected chi connectivity index (χ4v) is 0.821. The highest BCUT2D eigenvalue weighted by atomic mass is 15.0. The Labute approximate surface area is 44.3 Å². The molecule has 7 heavy (non-hydrogen) atoms. The van der Waals surface area contributed by atoms with Crippen LogP contribution in [-0.4, -0.2) is 26.2 Å². The smallest absolute Gasteiger partial charge is 0.0287 e. The molecule has 1 saturated heterocycles. The van der Waals surface area contributed by atoms with Crippen molar-refractivity contribution in [3.05, 3.63) is 0 Å². The minimum atomic E-state index is 0.681. The van der Waals surface area contributed by atoms with Gasteiger partial charge in [0.1, 0.15) is 0 Å². The van der Waals surface area contributed by atoms with Crippen LogP contribution in [0.25, 0.3) is 0 Å². The van der Waals surface area contributed by atoms with Crippen molar-refractivity contribution in [2.45, 2.75) is 12.5 Å². The molecule has 0 aromatic heterocycles. The highest BCUT2D eigenvalue weighted by Gasteiger charge is 2.11. The zero-order valence-corrected chi connectivity index (χ0v) is 4.65. The van der Waals surface area contributed by atoms with Crippen molar-refractivity contribution in [1.29, 1.82) is 0 Å². The molecule has 1 rings (SSSR count). The van der Waals surface area contributed by atoms with Crippen LogP contribution in [0, 0.1) is 0 Å². The molecule has 0 saturated carbocycles. The molecule has 41 valence electrons. The Balaban J connectivity index is 2.14. The van der Waals surface area contributed by atoms with E-state index in [2.05, 4.69) is 10.6 Å². The Kier molecular flexibility index (Phi) is 1.65. The Morgan fingerprint density at radius 2 is 2.57 bits per heavy atom. The molecule has 1 heterocycles. The zero-order valence-electron chi connectivity index (χ0n) is 4.65. The molecule has 0 aliphatic carbocycles. The highest BCUT2D eigenvalue weighted by Crippen LogP contribution is 1.95. The first kappa shape index (κ1) is 5.06. The molecule has 1 fully saturated rings. The molecule has 0 amide bonds. The minimum absolute atomic E-state index is 0.681. The van der Waals surface area contributed by atoms with Crippen LogP contribution < -0.4 is 10.6 Å². The second kappa shape index (κ2) is 2.28. The third-order valence-electron chi connectivity index (χ3n) is 1.39. The van der Waals surface area contributed by atoms with Crippen LogP contribution in [-0.2, 0) is 0 Å². The van der Waals surface area contributed by atoms with Gasteiger partial charge < -0.3 is 5.32 Å². The number of nitrogens with one attached hydrogen (secondary N) is 1. The monoisotopic (exact) mass is 99.1 g/mol. The molecule has 1 N–H and O–H groups in total. The summed E-state index contributed by atoms with van der Waals surface area (Å²) in [6, 6.07) is 0.681. The number of rotatable bonds is 1. The number of likely N-dealkylation sites (N-methyl/N-ethyl adjacent to an activating group) is 1. The molecule has 1 atom stereocenters. The Morgan fingerprint density at radius 3 is 2.86 bits per heavy atom. The van der Waals surface area contributed by atoms with E-state index < -0.39 is 0 Å². The molecule has 1 aliphatic heterocycles. The molecule has 0 aromatic rings. The Bertz CT molecular complexity index is 48.0. The number of hydrogen-bond acceptors (Lipinski definition) is 1. The van der Waals surface area contributed by atoms with Gasteiger partial charge in [-0.25, -0.2) is 5.32 Å². The van der Waals surface area contributed by atoms with Gasteiger partial charge in [-0.3, -0.25) is 0 Å². The van der Waals surface area contributed by atoms with Crippen LogP contribution in [0.1, 0.15) is 6.42 Å². The first-order valence-corrected chi connectivity index (χ1v) is 2.74. The number of nitrogens with zero attached hydrogens (tertiary/aromatic N) is 1. The summed E-state index contributed by atoms with van der Waals surface area (Å²) in [4.78, 5) is 0. The van der Waals surface area contributed by atoms with Gasteiger partial charge in [0, 0.05) is 19.1 Å². The maximum Gasteiger partial charge on any atom is 0.0287 e. The van der Waals surface area contributed by atoms with Crippen molar-refractivity contribution in [1.82, 2.24) is 10.6 Å². The van der Waals surface area contributed by atoms with Gasteiger partial charge in [-0.2, -0.15) is 0 Å². The molecule has 1 radical (unpaired) electrons. The predicted molar refractivity (Wildman–Crippen MR) is 29.3 cm³/mol. The van der Waals surface area contributed by atoms with Crippen LogP contribution in [0.15, 0.2) is 0 Å². The number of hydrogen-bond donors (Lipinski definition) is 1. The van der Waals surface area contributed by atoms with Gasteiger partial charge in [-0.15, -0.1) is 0 Å². The van der Waals surface area contributed by atoms with Gasteiger partial charge >= 0.3 is 0 Å². The van der Waals surface area contributed by atoms with Gasteiger partial charge in [0.05, 0.1) is 0 Å². The molecule has 2 nitrogen and oxygen atoms in total. The second-order valence-corrected chi connectivity index (χ2v) is 1.90. The van der Waals surface area contributed by atoms with E-state index in [1.54, 1.807) is 0 Å². The van der Waals surface area contributed by atoms with E-state index in [0.29, 0.717) is 6.04 Å². The molecule has 0 aromatic carbocycles. The summed E-state index contributed by atoms with van der Waals surface area (Å²) in [5, 5.41) is 7.34. The second-order valence-electron chi connectivity index (χ2n) is 1.90. The highest BCUT2D eigenvalue weighted by molar-refractivity contribution is 4.74. The minimum Gasteiger partial charge on any atom is -0.316 e. The van der Waals surface area contributed by atoms with Gasteiger partial charge in [0.15, 0.2) is 0 Å². The van der Waals surface area contributed by atoms with Gasteiger partial charge in [0.25, 0.3) is 0 Å². The maximum atomic E-state index is 4.17. The van der Waals surface area contributed by atoms with Crippen molar-refractivity contribution in [2.75, 3.05) is 20.1 Å². The van der Waals surface area contributed by atoms with Crippen LogP contribution in [0.2, 0.25) is 0 Å². The summed E-state index contributed by atoms with van der Waals surface area (Å²) in [6.45, 7) is 2.09. The lowest BCUT2D eigenvalue weighted by Gasteiger charge is -2.01. The van der Waals surface area contributed by atoms with Crippen molar-refractivity contribution in [3.63, 3.8) is 0 Å². The van der Waals surface area contributed by atoms with Crippen molar-refractivity contribution in [2.24, 2.45) is 0 Å². The van der Waals surface area contributed by atoms with Crippen molar-refractivity contribution in [3.8, 4) is 0 Å². The first-order valence-electron chi connectivity index (χ1n) is 2.74. The topological polar surface area (TPSA) is 26.1 Å². The maximum absolute atomic E-state index is 4.17. The van der Waals surface area contributed by atoms with E-state index in [1.165, 1.54) is 6.42 Å². The summed E-state index contributed by atoms with van der Waals surface area (Å²) >= 11 is 0. The van der Waals surface area contributed by atoms with E-state index in [4.69, 9.17) is 0 Å². The van der Waals surface area contributed by atoms with Crippen LogP contribution in [0.3, 0.4) is 0 Å². The van der Waals surface area contributed by atoms with Crippen molar-refractivity contribution >= 4 is 0 Å². The van der Waals surface area contributed by atoms with E-state index >= 15 is 0 Å². The van der Waals surface area contributed by atoms with Crippen LogP contribution >= 0.6 is 0 Å². The van der Waals surface area contributed by atoms with E-state index in [0.717, 1.165) is 13.1 Å². The first-order chi connectivity index (χ1) is 3.43. The molecule has 1 aliphatic rings. The molecular weight excluding hydrogens is 88.1 g/mol. The van der Waals surface area contributed by atoms with Crippen LogP contribution in [0.5, 0.6) is 0 Å². The Hall–Kier alpha value is -0.0800. The summed E-state index contributed by atoms with van der Waals surface area (Å²) in [5.41, 5.74) is 0. The summed E-state index contributed by atoms with van der Waals surface area (Å²) in [6.07, 6.45) is 1.23. The largest absolute Gasteiger partial charge is 0.316 e. The molecular formula is C5H11N2. The summed E-state index contributed by atoms with van der Waals surface area (Å²) in [5.74, 6) is 0. The van der Waals surface area contributed by atoms with E-state index in [9.17, 15) is 0 Å². The average molecular weight is 99.2 g/mol. The SMILES string of the molecule is CN[C@@H]1CC[N]C1. The Morgan fingerprint density at radius 1 is 1.71 bits per heavy atom. The third kappa shape index (κ3) is 1.14. The standard InChI is InChI=1S/C5H11N2/c1-6-5-2-3-7-4-5/h5-6H,2-4H2,1H3/t5-/m1/s1. The molecule has 0 unspecified atom stereocenters.